The maximum Gasteiger partial charge on any atom is 0.0102 e. The number of allylic oxidation sites excluding steroid dienone is 2. The predicted molar refractivity (Wildman–Crippen MR) is 232 cm³/mol. The van der Waals surface area contributed by atoms with Crippen LogP contribution in [0.25, 0.3) is 0 Å². The molecule has 0 aromatic carbocycles. The first kappa shape index (κ1) is 40.4. The summed E-state index contributed by atoms with van der Waals surface area (Å²) in [5.74, 6) is 9.83. The molecule has 0 saturated heterocycles. The molecule has 8 aliphatic carbocycles. The summed E-state index contributed by atoms with van der Waals surface area (Å²) in [6, 6.07) is 5.40. The van der Waals surface area contributed by atoms with E-state index in [9.17, 15) is 0 Å². The summed E-state index contributed by atoms with van der Waals surface area (Å²) in [4.78, 5) is 6.40. The maximum absolute atomic E-state index is 3.22. The van der Waals surface area contributed by atoms with Gasteiger partial charge < -0.3 is 0 Å². The molecule has 8 saturated carbocycles. The third-order valence-corrected chi connectivity index (χ3v) is 19.0. The molecule has 0 amide bonds. The maximum atomic E-state index is 3.22. The molecule has 8 aliphatic rings. The second-order valence-electron chi connectivity index (χ2n) is 22.7. The molecule has 0 spiro atoms. The predicted octanol–water partition coefficient (Wildman–Crippen LogP) is 14.4. The van der Waals surface area contributed by atoms with Crippen molar-refractivity contribution in [3.8, 4) is 0 Å². The van der Waals surface area contributed by atoms with Gasteiger partial charge in [-0.2, -0.15) is 0 Å². The summed E-state index contributed by atoms with van der Waals surface area (Å²) in [6.45, 7) is 10.0. The highest BCUT2D eigenvalue weighted by Crippen LogP contribution is 2.50. The van der Waals surface area contributed by atoms with Gasteiger partial charge in [0.2, 0.25) is 0 Å². The van der Waals surface area contributed by atoms with E-state index in [1.807, 2.05) is 0 Å². The summed E-state index contributed by atoms with van der Waals surface area (Å²) < 4.78 is 0. The molecule has 8 fully saturated rings. The monoisotopic (exact) mass is 743 g/mol. The Morgan fingerprint density at radius 1 is 0.259 bits per heavy atom. The van der Waals surface area contributed by atoms with E-state index in [-0.39, 0.29) is 0 Å². The molecule has 4 atom stereocenters. The van der Waals surface area contributed by atoms with E-state index in [0.717, 1.165) is 95.4 Å². The van der Waals surface area contributed by atoms with Gasteiger partial charge in [0.1, 0.15) is 0 Å². The fourth-order valence-corrected chi connectivity index (χ4v) is 15.3. The molecular weight excluding hydrogens is 653 g/mol. The van der Waals surface area contributed by atoms with Crippen LogP contribution in [0.5, 0.6) is 0 Å². The van der Waals surface area contributed by atoms with Gasteiger partial charge in [-0.05, 0) is 252 Å². The zero-order valence-corrected chi connectivity index (χ0v) is 36.5. The Balaban J connectivity index is 0.780. The van der Waals surface area contributed by atoms with Crippen LogP contribution >= 0.6 is 0 Å². The molecule has 4 unspecified atom stereocenters. The topological polar surface area (TPSA) is 6.48 Å². The van der Waals surface area contributed by atoms with Crippen LogP contribution in [0.4, 0.5) is 0 Å². The lowest BCUT2D eigenvalue weighted by Gasteiger charge is -2.50. The summed E-state index contributed by atoms with van der Waals surface area (Å²) in [7, 11) is 0. The van der Waals surface area contributed by atoms with E-state index >= 15 is 0 Å². The number of hydrogen-bond acceptors (Lipinski definition) is 2. The van der Waals surface area contributed by atoms with Crippen LogP contribution in [0.3, 0.4) is 0 Å². The van der Waals surface area contributed by atoms with Gasteiger partial charge in [0.15, 0.2) is 0 Å². The highest BCUT2D eigenvalue weighted by molar-refractivity contribution is 5.01. The lowest BCUT2D eigenvalue weighted by Crippen LogP contribution is -2.53. The Hall–Kier alpha value is -0.340. The highest BCUT2D eigenvalue weighted by atomic mass is 15.2. The van der Waals surface area contributed by atoms with Crippen molar-refractivity contribution >= 4 is 0 Å². The minimum absolute atomic E-state index is 0.865. The van der Waals surface area contributed by atoms with Gasteiger partial charge in [0, 0.05) is 36.3 Å². The molecule has 0 bridgehead atoms. The van der Waals surface area contributed by atoms with Crippen LogP contribution in [-0.2, 0) is 0 Å². The molecule has 0 radical (unpaired) electrons. The number of fused-ring (bicyclic) bond motifs is 1. The van der Waals surface area contributed by atoms with Gasteiger partial charge in [0.25, 0.3) is 0 Å². The van der Waals surface area contributed by atoms with Crippen LogP contribution in [0.15, 0.2) is 12.2 Å². The van der Waals surface area contributed by atoms with Crippen molar-refractivity contribution in [1.29, 1.82) is 0 Å². The molecule has 0 aromatic rings. The van der Waals surface area contributed by atoms with Crippen molar-refractivity contribution in [2.24, 2.45) is 59.2 Å². The lowest BCUT2D eigenvalue weighted by molar-refractivity contribution is -0.00472. The van der Waals surface area contributed by atoms with Gasteiger partial charge in [-0.25, -0.2) is 0 Å². The lowest BCUT2D eigenvalue weighted by atomic mass is 9.61. The van der Waals surface area contributed by atoms with E-state index < -0.39 is 0 Å². The average Bonchev–Trinajstić information content (AvgIpc) is 3.20. The number of rotatable bonds is 9. The van der Waals surface area contributed by atoms with Crippen LogP contribution in [0, 0.1) is 59.2 Å². The van der Waals surface area contributed by atoms with Crippen LogP contribution in [0.2, 0.25) is 0 Å². The molecule has 8 rings (SSSR count). The van der Waals surface area contributed by atoms with E-state index in [1.54, 1.807) is 38.5 Å². The molecule has 0 aromatic heterocycles. The van der Waals surface area contributed by atoms with E-state index in [1.165, 1.54) is 154 Å². The molecule has 0 aliphatic heterocycles. The third kappa shape index (κ3) is 10.1. The average molecular weight is 743 g/mol. The molecule has 2 nitrogen and oxygen atoms in total. The smallest absolute Gasteiger partial charge is 0.0102 e. The van der Waals surface area contributed by atoms with Crippen molar-refractivity contribution in [2.45, 2.75) is 257 Å². The SMILES string of the molecule is CC1CCC(N(C2CCC(C)CC2)C2CCC(/C=C/C3CCC4CC(C5CCC(N(C6CCC(C)CC6)C6CCC(C)CC6)CC5)CCC4C3)CC2)CC1. The van der Waals surface area contributed by atoms with Crippen LogP contribution in [0.1, 0.15) is 220 Å². The normalized spacial score (nSPS) is 47.1. The van der Waals surface area contributed by atoms with Gasteiger partial charge >= 0.3 is 0 Å². The largest absolute Gasteiger partial charge is 0.294 e. The number of hydrogen-bond donors (Lipinski definition) is 0. The van der Waals surface area contributed by atoms with Gasteiger partial charge in [0.05, 0.1) is 0 Å². The minimum atomic E-state index is 0.865. The molecule has 0 N–H and O–H groups in total. The Kier molecular flexibility index (Phi) is 14.3. The van der Waals surface area contributed by atoms with Gasteiger partial charge in [-0.3, -0.25) is 9.80 Å². The standard InChI is InChI=1S/C52H90N2/c1-37-5-23-47(24-6-37)53(48-25-7-38(2)8-26-48)51-31-16-41(17-32-51)13-14-42-15-18-46-36-45(20-19-44(46)35-42)43-21-33-52(34-22-43)54(49-27-9-39(3)10-28-49)50-29-11-40(4)12-30-50/h13-14,37-52H,5-12,15-36H2,1-4H3/b14-13+. The van der Waals surface area contributed by atoms with Crippen molar-refractivity contribution in [1.82, 2.24) is 9.80 Å². The molecule has 0 heterocycles. The first-order valence-corrected chi connectivity index (χ1v) is 25.6. The van der Waals surface area contributed by atoms with Crippen molar-refractivity contribution < 1.29 is 0 Å². The third-order valence-electron chi connectivity index (χ3n) is 19.0. The Labute approximate surface area is 336 Å². The van der Waals surface area contributed by atoms with Crippen molar-refractivity contribution in [2.75, 3.05) is 0 Å². The summed E-state index contributed by atoms with van der Waals surface area (Å²) in [6.07, 6.45) is 50.7. The van der Waals surface area contributed by atoms with Crippen LogP contribution < -0.4 is 0 Å². The van der Waals surface area contributed by atoms with Gasteiger partial charge in [-0.1, -0.05) is 39.8 Å². The Morgan fingerprint density at radius 3 is 0.926 bits per heavy atom. The van der Waals surface area contributed by atoms with E-state index in [4.69, 9.17) is 0 Å². The summed E-state index contributed by atoms with van der Waals surface area (Å²) in [5, 5.41) is 0. The highest BCUT2D eigenvalue weighted by Gasteiger charge is 2.42. The molecule has 308 valence electrons. The second-order valence-corrected chi connectivity index (χ2v) is 22.7. The Morgan fingerprint density at radius 2 is 0.519 bits per heavy atom. The summed E-state index contributed by atoms with van der Waals surface area (Å²) in [5.41, 5.74) is 0. The summed E-state index contributed by atoms with van der Waals surface area (Å²) >= 11 is 0. The molecule has 54 heavy (non-hydrogen) atoms. The fraction of sp³-hybridized carbons (Fsp3) is 0.962. The quantitative estimate of drug-likeness (QED) is 0.217. The number of nitrogens with zero attached hydrogens (tertiary/aromatic N) is 2. The zero-order valence-electron chi connectivity index (χ0n) is 36.5. The van der Waals surface area contributed by atoms with E-state index in [0.29, 0.717) is 0 Å². The first-order valence-electron chi connectivity index (χ1n) is 25.6. The molecular formula is C52H90N2. The second kappa shape index (κ2) is 19.2. The zero-order chi connectivity index (χ0) is 37.0. The Bertz CT molecular complexity index is 1070. The first-order chi connectivity index (χ1) is 26.4. The fourth-order valence-electron chi connectivity index (χ4n) is 15.3. The van der Waals surface area contributed by atoms with E-state index in [2.05, 4.69) is 49.6 Å². The van der Waals surface area contributed by atoms with Crippen molar-refractivity contribution in [3.63, 3.8) is 0 Å². The van der Waals surface area contributed by atoms with Crippen LogP contribution in [-0.4, -0.2) is 46.1 Å². The minimum Gasteiger partial charge on any atom is -0.294 e. The molecule has 2 heteroatoms. The van der Waals surface area contributed by atoms with Gasteiger partial charge in [-0.15, -0.1) is 0 Å². The van der Waals surface area contributed by atoms with Crippen molar-refractivity contribution in [3.05, 3.63) is 12.2 Å².